The second-order valence-corrected chi connectivity index (χ2v) is 6.99. The fourth-order valence-electron chi connectivity index (χ4n) is 3.34. The summed E-state index contributed by atoms with van der Waals surface area (Å²) >= 11 is 0. The van der Waals surface area contributed by atoms with Crippen LogP contribution in [-0.4, -0.2) is 28.8 Å². The Morgan fingerprint density at radius 3 is 2.34 bits per heavy atom. The molecular formula is C22H21FN4O2. The van der Waals surface area contributed by atoms with Gasteiger partial charge in [-0.15, -0.1) is 5.10 Å². The maximum atomic E-state index is 13.0. The lowest BCUT2D eigenvalue weighted by atomic mass is 10.1. The lowest BCUT2D eigenvalue weighted by Crippen LogP contribution is -2.26. The number of halogens is 1. The summed E-state index contributed by atoms with van der Waals surface area (Å²) in [7, 11) is 0. The molecule has 0 bridgehead atoms. The molecule has 1 aromatic heterocycles. The molecule has 1 amide bonds. The maximum Gasteiger partial charge on any atom is 0.271 e. The second kappa shape index (κ2) is 8.26. The van der Waals surface area contributed by atoms with E-state index in [2.05, 4.69) is 15.3 Å². The van der Waals surface area contributed by atoms with Gasteiger partial charge in [0, 0.05) is 31.3 Å². The van der Waals surface area contributed by atoms with Crippen molar-refractivity contribution in [1.29, 1.82) is 0 Å². The molecular weight excluding hydrogens is 371 g/mol. The minimum absolute atomic E-state index is 0.221. The molecule has 2 heterocycles. The monoisotopic (exact) mass is 392 g/mol. The highest BCUT2D eigenvalue weighted by atomic mass is 19.1. The molecule has 4 rings (SSSR count). The topological polar surface area (TPSA) is 67.2 Å². The van der Waals surface area contributed by atoms with Gasteiger partial charge in [0.25, 0.3) is 11.5 Å². The summed E-state index contributed by atoms with van der Waals surface area (Å²) in [6.07, 6.45) is 2.26. The third kappa shape index (κ3) is 4.34. The quantitative estimate of drug-likeness (QED) is 0.725. The molecule has 1 fully saturated rings. The molecule has 0 spiro atoms. The van der Waals surface area contributed by atoms with E-state index in [1.807, 2.05) is 0 Å². The number of rotatable bonds is 5. The van der Waals surface area contributed by atoms with Crippen molar-refractivity contribution in [2.75, 3.05) is 18.0 Å². The van der Waals surface area contributed by atoms with Crippen molar-refractivity contribution in [3.05, 3.63) is 88.0 Å². The smallest absolute Gasteiger partial charge is 0.271 e. The highest BCUT2D eigenvalue weighted by Crippen LogP contribution is 2.17. The number of amides is 1. The van der Waals surface area contributed by atoms with Crippen LogP contribution in [0.2, 0.25) is 0 Å². The van der Waals surface area contributed by atoms with Gasteiger partial charge in [-0.25, -0.2) is 4.39 Å². The van der Waals surface area contributed by atoms with E-state index in [4.69, 9.17) is 0 Å². The van der Waals surface area contributed by atoms with Crippen molar-refractivity contribution in [3.63, 3.8) is 0 Å². The number of benzene rings is 2. The first-order valence-electron chi connectivity index (χ1n) is 9.58. The number of hydrogen-bond acceptors (Lipinski definition) is 4. The van der Waals surface area contributed by atoms with Crippen LogP contribution < -0.4 is 15.8 Å². The second-order valence-electron chi connectivity index (χ2n) is 6.99. The van der Waals surface area contributed by atoms with Crippen molar-refractivity contribution in [1.82, 2.24) is 15.1 Å². The molecule has 7 heteroatoms. The number of carbonyl (C=O) groups excluding carboxylic acids is 1. The number of nitrogens with one attached hydrogen (secondary N) is 1. The van der Waals surface area contributed by atoms with Crippen molar-refractivity contribution >= 4 is 11.7 Å². The van der Waals surface area contributed by atoms with Crippen LogP contribution in [0.1, 0.15) is 28.8 Å². The molecule has 1 aliphatic heterocycles. The molecule has 0 unspecified atom stereocenters. The van der Waals surface area contributed by atoms with E-state index in [1.165, 1.54) is 22.9 Å². The Morgan fingerprint density at radius 1 is 0.966 bits per heavy atom. The van der Waals surface area contributed by atoms with Crippen molar-refractivity contribution in [3.8, 4) is 5.69 Å². The zero-order valence-corrected chi connectivity index (χ0v) is 15.8. The first-order chi connectivity index (χ1) is 14.1. The Balaban J connectivity index is 1.47. The van der Waals surface area contributed by atoms with Gasteiger partial charge in [-0.05, 0) is 60.9 Å². The van der Waals surface area contributed by atoms with E-state index in [0.29, 0.717) is 17.8 Å². The Morgan fingerprint density at radius 2 is 1.66 bits per heavy atom. The Labute approximate surface area is 167 Å². The average molecular weight is 392 g/mol. The number of anilines is 1. The number of aromatic nitrogens is 2. The highest BCUT2D eigenvalue weighted by molar-refractivity contribution is 5.94. The Bertz CT molecular complexity index is 1060. The zero-order chi connectivity index (χ0) is 20.2. The lowest BCUT2D eigenvalue weighted by molar-refractivity contribution is 0.0951. The minimum Gasteiger partial charge on any atom is -0.355 e. The standard InChI is InChI=1S/C22H21FN4O2/c23-18-7-3-16(4-8-18)15-24-22(29)17-5-9-19(10-6-17)27-21(28)12-11-20(25-27)26-13-1-2-14-26/h3-12H,1-2,13-15H2,(H,24,29). The fourth-order valence-corrected chi connectivity index (χ4v) is 3.34. The molecule has 0 saturated carbocycles. The van der Waals surface area contributed by atoms with Gasteiger partial charge in [0.1, 0.15) is 11.6 Å². The van der Waals surface area contributed by atoms with E-state index in [0.717, 1.165) is 37.3 Å². The molecule has 1 saturated heterocycles. The van der Waals surface area contributed by atoms with Crippen LogP contribution in [0.5, 0.6) is 0 Å². The van der Waals surface area contributed by atoms with Gasteiger partial charge in [0.05, 0.1) is 5.69 Å². The van der Waals surface area contributed by atoms with Gasteiger partial charge in [0.2, 0.25) is 0 Å². The molecule has 148 valence electrons. The average Bonchev–Trinajstić information content (AvgIpc) is 3.28. The van der Waals surface area contributed by atoms with Gasteiger partial charge >= 0.3 is 0 Å². The molecule has 0 radical (unpaired) electrons. The summed E-state index contributed by atoms with van der Waals surface area (Å²) in [6.45, 7) is 2.19. The van der Waals surface area contributed by atoms with Gasteiger partial charge in [0.15, 0.2) is 0 Å². The summed E-state index contributed by atoms with van der Waals surface area (Å²) in [5, 5.41) is 7.28. The van der Waals surface area contributed by atoms with Crippen molar-refractivity contribution in [2.45, 2.75) is 19.4 Å². The van der Waals surface area contributed by atoms with Gasteiger partial charge < -0.3 is 10.2 Å². The van der Waals surface area contributed by atoms with Crippen LogP contribution in [-0.2, 0) is 6.54 Å². The van der Waals surface area contributed by atoms with E-state index < -0.39 is 0 Å². The molecule has 1 aliphatic rings. The van der Waals surface area contributed by atoms with Gasteiger partial charge in [-0.1, -0.05) is 12.1 Å². The first kappa shape index (κ1) is 18.9. The molecule has 0 atom stereocenters. The predicted molar refractivity (Wildman–Crippen MR) is 109 cm³/mol. The van der Waals surface area contributed by atoms with Gasteiger partial charge in [-0.3, -0.25) is 9.59 Å². The normalized spacial score (nSPS) is 13.5. The number of carbonyl (C=O) groups is 1. The van der Waals surface area contributed by atoms with Crippen LogP contribution in [0.25, 0.3) is 5.69 Å². The fraction of sp³-hybridized carbons (Fsp3) is 0.227. The van der Waals surface area contributed by atoms with Crippen LogP contribution >= 0.6 is 0 Å². The molecule has 6 nitrogen and oxygen atoms in total. The van der Waals surface area contributed by atoms with Crippen LogP contribution in [0, 0.1) is 5.82 Å². The van der Waals surface area contributed by atoms with E-state index in [9.17, 15) is 14.0 Å². The molecule has 2 aromatic carbocycles. The maximum absolute atomic E-state index is 13.0. The molecule has 1 N–H and O–H groups in total. The highest BCUT2D eigenvalue weighted by Gasteiger charge is 2.15. The SMILES string of the molecule is O=C(NCc1ccc(F)cc1)c1ccc(-n2nc(N3CCCC3)ccc2=O)cc1. The first-order valence-corrected chi connectivity index (χ1v) is 9.58. The van der Waals surface area contributed by atoms with E-state index in [1.54, 1.807) is 42.5 Å². The van der Waals surface area contributed by atoms with E-state index in [-0.39, 0.29) is 17.3 Å². The number of hydrogen-bond donors (Lipinski definition) is 1. The lowest BCUT2D eigenvalue weighted by Gasteiger charge is -2.17. The minimum atomic E-state index is -0.312. The molecule has 3 aromatic rings. The van der Waals surface area contributed by atoms with Crippen LogP contribution in [0.15, 0.2) is 65.5 Å². The third-order valence-corrected chi connectivity index (χ3v) is 4.96. The molecule has 0 aliphatic carbocycles. The zero-order valence-electron chi connectivity index (χ0n) is 15.8. The molecule has 29 heavy (non-hydrogen) atoms. The predicted octanol–water partition coefficient (Wildman–Crippen LogP) is 2.90. The van der Waals surface area contributed by atoms with Crippen molar-refractivity contribution in [2.24, 2.45) is 0 Å². The summed E-state index contributed by atoms with van der Waals surface area (Å²) in [5.41, 5.74) is 1.66. The number of nitrogens with zero attached hydrogens (tertiary/aromatic N) is 3. The summed E-state index contributed by atoms with van der Waals surface area (Å²) in [4.78, 5) is 26.8. The Hall–Kier alpha value is -3.48. The van der Waals surface area contributed by atoms with Crippen LogP contribution in [0.4, 0.5) is 10.2 Å². The largest absolute Gasteiger partial charge is 0.355 e. The Kier molecular flexibility index (Phi) is 5.37. The summed E-state index contributed by atoms with van der Waals surface area (Å²) in [6, 6.07) is 16.0. The third-order valence-electron chi connectivity index (χ3n) is 4.96. The van der Waals surface area contributed by atoms with Gasteiger partial charge in [-0.2, -0.15) is 4.68 Å². The van der Waals surface area contributed by atoms with Crippen LogP contribution in [0.3, 0.4) is 0 Å². The van der Waals surface area contributed by atoms with E-state index >= 15 is 0 Å². The van der Waals surface area contributed by atoms with Crippen molar-refractivity contribution < 1.29 is 9.18 Å². The summed E-state index contributed by atoms with van der Waals surface area (Å²) in [5.74, 6) is 0.225. The summed E-state index contributed by atoms with van der Waals surface area (Å²) < 4.78 is 14.3.